The van der Waals surface area contributed by atoms with E-state index in [-0.39, 0.29) is 21.6 Å². The molecule has 0 aliphatic rings. The van der Waals surface area contributed by atoms with E-state index < -0.39 is 14.9 Å². The fourth-order valence-corrected chi connectivity index (χ4v) is 2.35. The standard InChI is InChI=1S/C10H7ClN4O4S/c11-10-12-5-9(6-13-10)20(18,19)14-7-1-3-8(4-2-7)15(16)17/h1-6,14H. The first kappa shape index (κ1) is 14.2. The number of halogens is 1. The summed E-state index contributed by atoms with van der Waals surface area (Å²) in [7, 11) is -3.87. The molecule has 0 amide bonds. The molecule has 1 aromatic heterocycles. The second-order valence-electron chi connectivity index (χ2n) is 3.60. The number of non-ortho nitro benzene ring substituents is 1. The van der Waals surface area contributed by atoms with Gasteiger partial charge in [-0.2, -0.15) is 0 Å². The molecule has 0 atom stereocenters. The zero-order valence-corrected chi connectivity index (χ0v) is 11.3. The van der Waals surface area contributed by atoms with E-state index in [1.165, 1.54) is 24.3 Å². The topological polar surface area (TPSA) is 115 Å². The summed E-state index contributed by atoms with van der Waals surface area (Å²) >= 11 is 5.47. The van der Waals surface area contributed by atoms with E-state index in [0.29, 0.717) is 0 Å². The zero-order chi connectivity index (χ0) is 14.8. The molecule has 2 aromatic rings. The highest BCUT2D eigenvalue weighted by Crippen LogP contribution is 2.19. The number of benzene rings is 1. The number of anilines is 1. The number of rotatable bonds is 4. The van der Waals surface area contributed by atoms with Gasteiger partial charge in [0.2, 0.25) is 5.28 Å². The highest BCUT2D eigenvalue weighted by Gasteiger charge is 2.16. The summed E-state index contributed by atoms with van der Waals surface area (Å²) in [6.07, 6.45) is 2.12. The summed E-state index contributed by atoms with van der Waals surface area (Å²) < 4.78 is 26.2. The Labute approximate surface area is 118 Å². The van der Waals surface area contributed by atoms with E-state index >= 15 is 0 Å². The largest absolute Gasteiger partial charge is 0.280 e. The predicted octanol–water partition coefficient (Wildman–Crippen LogP) is 1.84. The van der Waals surface area contributed by atoms with Crippen LogP contribution in [0.5, 0.6) is 0 Å². The first-order valence-electron chi connectivity index (χ1n) is 5.13. The summed E-state index contributed by atoms with van der Waals surface area (Å²) in [5, 5.41) is 10.4. The third-order valence-corrected chi connectivity index (χ3v) is 3.77. The molecule has 0 spiro atoms. The van der Waals surface area contributed by atoms with E-state index in [0.717, 1.165) is 12.4 Å². The van der Waals surface area contributed by atoms with Crippen molar-refractivity contribution in [1.29, 1.82) is 0 Å². The number of nitro groups is 1. The maximum absolute atomic E-state index is 12.0. The van der Waals surface area contributed by atoms with Crippen molar-refractivity contribution in [3.8, 4) is 0 Å². The van der Waals surface area contributed by atoms with Crippen molar-refractivity contribution in [1.82, 2.24) is 9.97 Å². The lowest BCUT2D eigenvalue weighted by molar-refractivity contribution is -0.384. The number of nitrogens with one attached hydrogen (secondary N) is 1. The van der Waals surface area contributed by atoms with Gasteiger partial charge in [0.15, 0.2) is 0 Å². The molecular formula is C10H7ClN4O4S. The SMILES string of the molecule is O=[N+]([O-])c1ccc(NS(=O)(=O)c2cnc(Cl)nc2)cc1. The third-order valence-electron chi connectivity index (χ3n) is 2.24. The third kappa shape index (κ3) is 3.19. The number of aromatic nitrogens is 2. The van der Waals surface area contributed by atoms with Gasteiger partial charge in [0, 0.05) is 17.8 Å². The molecule has 0 saturated heterocycles. The van der Waals surface area contributed by atoms with E-state index in [9.17, 15) is 18.5 Å². The van der Waals surface area contributed by atoms with Crippen molar-refractivity contribution < 1.29 is 13.3 Å². The van der Waals surface area contributed by atoms with Crippen LogP contribution >= 0.6 is 11.6 Å². The molecule has 104 valence electrons. The molecule has 0 unspecified atom stereocenters. The quantitative estimate of drug-likeness (QED) is 0.523. The van der Waals surface area contributed by atoms with E-state index in [2.05, 4.69) is 14.7 Å². The molecule has 0 aliphatic heterocycles. The Kier molecular flexibility index (Phi) is 3.81. The smallest absolute Gasteiger partial charge is 0.269 e. The molecule has 1 N–H and O–H groups in total. The van der Waals surface area contributed by atoms with Crippen LogP contribution in [0.4, 0.5) is 11.4 Å². The van der Waals surface area contributed by atoms with Crippen LogP contribution in [-0.2, 0) is 10.0 Å². The summed E-state index contributed by atoms with van der Waals surface area (Å²) in [4.78, 5) is 16.9. The second kappa shape index (κ2) is 5.39. The molecule has 0 saturated carbocycles. The molecule has 1 heterocycles. The average Bonchev–Trinajstić information content (AvgIpc) is 2.39. The second-order valence-corrected chi connectivity index (χ2v) is 5.62. The molecule has 0 fully saturated rings. The van der Waals surface area contributed by atoms with Crippen LogP contribution in [0.1, 0.15) is 0 Å². The first-order valence-corrected chi connectivity index (χ1v) is 6.99. The Morgan fingerprint density at radius 3 is 2.20 bits per heavy atom. The summed E-state index contributed by atoms with van der Waals surface area (Å²) in [6.45, 7) is 0. The monoisotopic (exact) mass is 314 g/mol. The van der Waals surface area contributed by atoms with Crippen molar-refractivity contribution in [2.24, 2.45) is 0 Å². The number of sulfonamides is 1. The lowest BCUT2D eigenvalue weighted by Gasteiger charge is -2.07. The highest BCUT2D eigenvalue weighted by molar-refractivity contribution is 7.92. The number of hydrogen-bond acceptors (Lipinski definition) is 6. The fraction of sp³-hybridized carbons (Fsp3) is 0. The molecule has 20 heavy (non-hydrogen) atoms. The zero-order valence-electron chi connectivity index (χ0n) is 9.72. The first-order chi connectivity index (χ1) is 9.38. The summed E-state index contributed by atoms with van der Waals surface area (Å²) in [5.74, 6) is 0. The van der Waals surface area contributed by atoms with Gasteiger partial charge in [-0.15, -0.1) is 0 Å². The van der Waals surface area contributed by atoms with Gasteiger partial charge in [-0.1, -0.05) is 0 Å². The Hall–Kier alpha value is -2.26. The summed E-state index contributed by atoms with van der Waals surface area (Å²) in [5.41, 5.74) is 0.0494. The van der Waals surface area contributed by atoms with Crippen LogP contribution in [0.25, 0.3) is 0 Å². The van der Waals surface area contributed by atoms with Gasteiger partial charge in [0.1, 0.15) is 4.90 Å². The maximum atomic E-state index is 12.0. The lowest BCUT2D eigenvalue weighted by Crippen LogP contribution is -2.13. The van der Waals surface area contributed by atoms with Crippen molar-refractivity contribution in [2.75, 3.05) is 4.72 Å². The van der Waals surface area contributed by atoms with Crippen LogP contribution in [0, 0.1) is 10.1 Å². The van der Waals surface area contributed by atoms with Crippen LogP contribution < -0.4 is 4.72 Å². The lowest BCUT2D eigenvalue weighted by atomic mass is 10.3. The maximum Gasteiger partial charge on any atom is 0.269 e. The van der Waals surface area contributed by atoms with E-state index in [1.807, 2.05) is 0 Å². The molecule has 10 heteroatoms. The van der Waals surface area contributed by atoms with Gasteiger partial charge in [-0.05, 0) is 23.7 Å². The number of nitrogens with zero attached hydrogens (tertiary/aromatic N) is 3. The Morgan fingerprint density at radius 2 is 1.70 bits per heavy atom. The van der Waals surface area contributed by atoms with Crippen LogP contribution in [0.2, 0.25) is 5.28 Å². The van der Waals surface area contributed by atoms with Gasteiger partial charge < -0.3 is 0 Å². The molecular weight excluding hydrogens is 308 g/mol. The van der Waals surface area contributed by atoms with Gasteiger partial charge >= 0.3 is 0 Å². The van der Waals surface area contributed by atoms with Gasteiger partial charge in [-0.25, -0.2) is 18.4 Å². The Bertz CT molecular complexity index is 731. The minimum atomic E-state index is -3.87. The average molecular weight is 315 g/mol. The van der Waals surface area contributed by atoms with Crippen LogP contribution in [0.3, 0.4) is 0 Å². The highest BCUT2D eigenvalue weighted by atomic mass is 35.5. The molecule has 0 aliphatic carbocycles. The minimum absolute atomic E-state index is 0.0701. The van der Waals surface area contributed by atoms with Crippen LogP contribution in [-0.4, -0.2) is 23.3 Å². The van der Waals surface area contributed by atoms with Crippen molar-refractivity contribution >= 4 is 33.0 Å². The molecule has 1 aromatic carbocycles. The molecule has 0 radical (unpaired) electrons. The Balaban J connectivity index is 2.24. The van der Waals surface area contributed by atoms with E-state index in [1.54, 1.807) is 0 Å². The van der Waals surface area contributed by atoms with Crippen molar-refractivity contribution in [3.63, 3.8) is 0 Å². The Morgan fingerprint density at radius 1 is 1.15 bits per heavy atom. The minimum Gasteiger partial charge on any atom is -0.280 e. The normalized spacial score (nSPS) is 11.1. The van der Waals surface area contributed by atoms with Crippen molar-refractivity contribution in [2.45, 2.75) is 4.90 Å². The van der Waals surface area contributed by atoms with E-state index in [4.69, 9.17) is 11.6 Å². The molecule has 8 nitrogen and oxygen atoms in total. The predicted molar refractivity (Wildman–Crippen MR) is 70.9 cm³/mol. The summed E-state index contributed by atoms with van der Waals surface area (Å²) in [6, 6.07) is 4.95. The van der Waals surface area contributed by atoms with Crippen LogP contribution in [0.15, 0.2) is 41.6 Å². The molecule has 0 bridgehead atoms. The number of hydrogen-bond donors (Lipinski definition) is 1. The van der Waals surface area contributed by atoms with Gasteiger partial charge in [0.25, 0.3) is 15.7 Å². The van der Waals surface area contributed by atoms with Crippen molar-refractivity contribution in [3.05, 3.63) is 52.1 Å². The van der Waals surface area contributed by atoms with Gasteiger partial charge in [0.05, 0.1) is 17.3 Å². The van der Waals surface area contributed by atoms with Gasteiger partial charge in [-0.3, -0.25) is 14.8 Å². The fourth-order valence-electron chi connectivity index (χ4n) is 1.30. The molecule has 2 rings (SSSR count). The number of nitro benzene ring substituents is 1.